The molecule has 166 valence electrons. The Morgan fingerprint density at radius 1 is 1.16 bits per heavy atom. The van der Waals surface area contributed by atoms with Crippen LogP contribution in [0.15, 0.2) is 40.8 Å². The molecular weight excluding hydrogens is 411 g/mol. The second-order valence-corrected chi connectivity index (χ2v) is 8.00. The number of halogens is 1. The molecule has 1 atom stereocenters. The topological polar surface area (TPSA) is 76.4 Å². The molecule has 0 unspecified atom stereocenters. The van der Waals surface area contributed by atoms with E-state index < -0.39 is 0 Å². The first-order chi connectivity index (χ1) is 15.6. The molecule has 0 radical (unpaired) electrons. The van der Waals surface area contributed by atoms with Crippen molar-refractivity contribution in [2.45, 2.75) is 32.4 Å². The standard InChI is InChI=1S/C24H25FN4O3/c1-14-20(28-24(32-14)17-8-7-16(30-2)12-22(17)31-3)13-29-10-4-5-21(29)23-26-18-9-6-15(25)11-19(18)27-23/h6-9,11-12,21H,4-5,10,13H2,1-3H3,(H,26,27)/t21-/m0/s1. The number of H-pyrrole nitrogens is 1. The predicted molar refractivity (Wildman–Crippen MR) is 118 cm³/mol. The Bertz CT molecular complexity index is 1270. The molecule has 0 bridgehead atoms. The van der Waals surface area contributed by atoms with Gasteiger partial charge >= 0.3 is 0 Å². The van der Waals surface area contributed by atoms with Crippen LogP contribution in [0.25, 0.3) is 22.5 Å². The van der Waals surface area contributed by atoms with Crippen molar-refractivity contribution in [1.82, 2.24) is 19.9 Å². The predicted octanol–water partition coefficient (Wildman–Crippen LogP) is 5.02. The van der Waals surface area contributed by atoms with Gasteiger partial charge in [-0.1, -0.05) is 0 Å². The van der Waals surface area contributed by atoms with Gasteiger partial charge < -0.3 is 18.9 Å². The zero-order chi connectivity index (χ0) is 22.2. The zero-order valence-electron chi connectivity index (χ0n) is 18.3. The lowest BCUT2D eigenvalue weighted by molar-refractivity contribution is 0.237. The number of nitrogens with one attached hydrogen (secondary N) is 1. The summed E-state index contributed by atoms with van der Waals surface area (Å²) in [6, 6.07) is 10.3. The highest BCUT2D eigenvalue weighted by Gasteiger charge is 2.30. The fourth-order valence-corrected chi connectivity index (χ4v) is 4.34. The summed E-state index contributed by atoms with van der Waals surface area (Å²) in [6.07, 6.45) is 2.05. The molecular formula is C24H25FN4O3. The van der Waals surface area contributed by atoms with Crippen LogP contribution in [0.5, 0.6) is 11.5 Å². The van der Waals surface area contributed by atoms with E-state index in [2.05, 4.69) is 9.88 Å². The lowest BCUT2D eigenvalue weighted by atomic mass is 10.2. The zero-order valence-corrected chi connectivity index (χ0v) is 18.3. The molecule has 2 aromatic carbocycles. The van der Waals surface area contributed by atoms with Gasteiger partial charge in [0.2, 0.25) is 5.89 Å². The molecule has 7 nitrogen and oxygen atoms in total. The van der Waals surface area contributed by atoms with Gasteiger partial charge in [0, 0.05) is 12.6 Å². The van der Waals surface area contributed by atoms with Crippen LogP contribution < -0.4 is 9.47 Å². The highest BCUT2D eigenvalue weighted by atomic mass is 19.1. The van der Waals surface area contributed by atoms with E-state index in [9.17, 15) is 4.39 Å². The van der Waals surface area contributed by atoms with Gasteiger partial charge in [-0.2, -0.15) is 0 Å². The Labute approximate surface area is 185 Å². The van der Waals surface area contributed by atoms with Crippen molar-refractivity contribution in [3.05, 3.63) is 59.5 Å². The van der Waals surface area contributed by atoms with Crippen LogP contribution in [0.3, 0.4) is 0 Å². The van der Waals surface area contributed by atoms with Crippen LogP contribution >= 0.6 is 0 Å². The van der Waals surface area contributed by atoms with Crippen molar-refractivity contribution in [2.24, 2.45) is 0 Å². The third-order valence-electron chi connectivity index (χ3n) is 6.03. The van der Waals surface area contributed by atoms with Crippen LogP contribution in [0.2, 0.25) is 0 Å². The molecule has 0 amide bonds. The number of aromatic nitrogens is 3. The van der Waals surface area contributed by atoms with Crippen LogP contribution in [0.1, 0.15) is 36.2 Å². The second kappa shape index (κ2) is 8.27. The summed E-state index contributed by atoms with van der Waals surface area (Å²) in [5.74, 6) is 3.24. The fourth-order valence-electron chi connectivity index (χ4n) is 4.34. The first kappa shape index (κ1) is 20.5. The van der Waals surface area contributed by atoms with Crippen LogP contribution in [-0.4, -0.2) is 40.6 Å². The van der Waals surface area contributed by atoms with Gasteiger partial charge in [0.1, 0.15) is 28.9 Å². The van der Waals surface area contributed by atoms with Crippen LogP contribution in [0.4, 0.5) is 4.39 Å². The molecule has 4 aromatic rings. The van der Waals surface area contributed by atoms with E-state index in [0.717, 1.165) is 53.3 Å². The molecule has 0 saturated carbocycles. The maximum absolute atomic E-state index is 13.6. The number of benzene rings is 2. The summed E-state index contributed by atoms with van der Waals surface area (Å²) in [6.45, 7) is 3.50. The van der Waals surface area contributed by atoms with E-state index in [4.69, 9.17) is 23.9 Å². The van der Waals surface area contributed by atoms with E-state index in [1.165, 1.54) is 12.1 Å². The Kier molecular flexibility index (Phi) is 5.30. The Hall–Kier alpha value is -3.39. The number of imidazole rings is 1. The van der Waals surface area contributed by atoms with Crippen molar-refractivity contribution in [3.63, 3.8) is 0 Å². The average molecular weight is 436 g/mol. The summed E-state index contributed by atoms with van der Waals surface area (Å²) in [4.78, 5) is 15.1. The SMILES string of the molecule is COc1ccc(-c2nc(CN3CCC[C@H]3c3nc4ccc(F)cc4[nH]3)c(C)o2)c(OC)c1. The molecule has 32 heavy (non-hydrogen) atoms. The minimum Gasteiger partial charge on any atom is -0.497 e. The van der Waals surface area contributed by atoms with Gasteiger partial charge in [-0.05, 0) is 56.6 Å². The molecule has 1 fully saturated rings. The monoisotopic (exact) mass is 436 g/mol. The smallest absolute Gasteiger partial charge is 0.230 e. The quantitative estimate of drug-likeness (QED) is 0.457. The second-order valence-electron chi connectivity index (χ2n) is 8.00. The maximum atomic E-state index is 13.6. The number of ether oxygens (including phenoxy) is 2. The number of likely N-dealkylation sites (tertiary alicyclic amines) is 1. The van der Waals surface area contributed by atoms with E-state index >= 15 is 0 Å². The number of oxazole rings is 1. The lowest BCUT2D eigenvalue weighted by Gasteiger charge is -2.21. The lowest BCUT2D eigenvalue weighted by Crippen LogP contribution is -2.24. The highest BCUT2D eigenvalue weighted by Crippen LogP contribution is 2.36. The van der Waals surface area contributed by atoms with E-state index in [1.807, 2.05) is 25.1 Å². The summed E-state index contributed by atoms with van der Waals surface area (Å²) in [5.41, 5.74) is 3.16. The summed E-state index contributed by atoms with van der Waals surface area (Å²) in [7, 11) is 3.23. The molecule has 1 N–H and O–H groups in total. The molecule has 1 aliphatic rings. The van der Waals surface area contributed by atoms with Crippen molar-refractivity contribution in [3.8, 4) is 23.0 Å². The van der Waals surface area contributed by atoms with Crippen molar-refractivity contribution < 1.29 is 18.3 Å². The molecule has 0 aliphatic carbocycles. The summed E-state index contributed by atoms with van der Waals surface area (Å²) >= 11 is 0. The molecule has 8 heteroatoms. The largest absolute Gasteiger partial charge is 0.497 e. The number of hydrogen-bond acceptors (Lipinski definition) is 6. The number of aromatic amines is 1. The molecule has 1 aliphatic heterocycles. The molecule has 2 aromatic heterocycles. The first-order valence-electron chi connectivity index (χ1n) is 10.6. The van der Waals surface area contributed by atoms with Gasteiger partial charge in [-0.3, -0.25) is 4.90 Å². The van der Waals surface area contributed by atoms with E-state index in [-0.39, 0.29) is 11.9 Å². The molecule has 0 spiro atoms. The van der Waals surface area contributed by atoms with Gasteiger partial charge in [-0.25, -0.2) is 14.4 Å². The van der Waals surface area contributed by atoms with Crippen LogP contribution in [-0.2, 0) is 6.54 Å². The number of hydrogen-bond donors (Lipinski definition) is 1. The minimum atomic E-state index is -0.268. The van der Waals surface area contributed by atoms with Crippen molar-refractivity contribution >= 4 is 11.0 Å². The number of fused-ring (bicyclic) bond motifs is 1. The maximum Gasteiger partial charge on any atom is 0.230 e. The highest BCUT2D eigenvalue weighted by molar-refractivity contribution is 5.75. The van der Waals surface area contributed by atoms with Gasteiger partial charge in [0.05, 0.1) is 42.6 Å². The van der Waals surface area contributed by atoms with Gasteiger partial charge in [0.15, 0.2) is 0 Å². The minimum absolute atomic E-state index is 0.125. The first-order valence-corrected chi connectivity index (χ1v) is 10.6. The normalized spacial score (nSPS) is 16.7. The van der Waals surface area contributed by atoms with Crippen LogP contribution in [0, 0.1) is 12.7 Å². The number of aryl methyl sites for hydroxylation is 1. The van der Waals surface area contributed by atoms with Crippen molar-refractivity contribution in [2.75, 3.05) is 20.8 Å². The summed E-state index contributed by atoms with van der Waals surface area (Å²) in [5, 5.41) is 0. The number of nitrogens with zero attached hydrogens (tertiary/aromatic N) is 3. The summed E-state index contributed by atoms with van der Waals surface area (Å²) < 4.78 is 30.4. The Morgan fingerprint density at radius 2 is 2.03 bits per heavy atom. The third-order valence-corrected chi connectivity index (χ3v) is 6.03. The third kappa shape index (κ3) is 3.71. The van der Waals surface area contributed by atoms with Gasteiger partial charge in [-0.15, -0.1) is 0 Å². The average Bonchev–Trinajstić information content (AvgIpc) is 3.51. The number of rotatable bonds is 6. The Balaban J connectivity index is 1.41. The Morgan fingerprint density at radius 3 is 2.84 bits per heavy atom. The molecule has 5 rings (SSSR count). The van der Waals surface area contributed by atoms with E-state index in [0.29, 0.717) is 23.9 Å². The molecule has 3 heterocycles. The fraction of sp³-hybridized carbons (Fsp3) is 0.333. The molecule has 1 saturated heterocycles. The number of methoxy groups -OCH3 is 2. The van der Waals surface area contributed by atoms with E-state index in [1.54, 1.807) is 20.3 Å². The van der Waals surface area contributed by atoms with Crippen molar-refractivity contribution in [1.29, 1.82) is 0 Å². The van der Waals surface area contributed by atoms with Gasteiger partial charge in [0.25, 0.3) is 0 Å².